The molecular weight excluding hydrogens is 542 g/mol. The first kappa shape index (κ1) is 24.4. The molecule has 0 unspecified atom stereocenters. The molecule has 2 aromatic carbocycles. The summed E-state index contributed by atoms with van der Waals surface area (Å²) in [6.45, 7) is 8.23. The zero-order valence-electron chi connectivity index (χ0n) is 19.9. The molecule has 8 heteroatoms. The third kappa shape index (κ3) is 4.89. The van der Waals surface area contributed by atoms with Gasteiger partial charge in [0.1, 0.15) is 4.83 Å². The van der Waals surface area contributed by atoms with Gasteiger partial charge in [0.15, 0.2) is 10.9 Å². The van der Waals surface area contributed by atoms with E-state index in [1.807, 2.05) is 55.5 Å². The van der Waals surface area contributed by atoms with Crippen LogP contribution in [-0.4, -0.2) is 38.6 Å². The van der Waals surface area contributed by atoms with Gasteiger partial charge >= 0.3 is 0 Å². The van der Waals surface area contributed by atoms with E-state index in [4.69, 9.17) is 4.98 Å². The standard InChI is InChI=1S/C27H26BrN3O2S2/c1-16(2)30-13-12-21-23(14-30)35-25-24(21)26(33)31(20-10-4-17(3)5-11-20)27(29-25)34-15-22(32)18-6-8-19(28)9-7-18/h4-11,16H,12-15H2,1-3H3. The highest BCUT2D eigenvalue weighted by atomic mass is 79.9. The number of hydrogen-bond donors (Lipinski definition) is 0. The molecule has 0 radical (unpaired) electrons. The van der Waals surface area contributed by atoms with Gasteiger partial charge in [-0.2, -0.15) is 0 Å². The van der Waals surface area contributed by atoms with E-state index in [9.17, 15) is 9.59 Å². The molecule has 1 aliphatic rings. The smallest absolute Gasteiger partial charge is 0.267 e. The Bertz CT molecular complexity index is 1460. The van der Waals surface area contributed by atoms with Crippen LogP contribution in [0.25, 0.3) is 15.9 Å². The second-order valence-electron chi connectivity index (χ2n) is 9.09. The second-order valence-corrected chi connectivity index (χ2v) is 12.0. The van der Waals surface area contributed by atoms with Crippen LogP contribution in [0.5, 0.6) is 0 Å². The largest absolute Gasteiger partial charge is 0.296 e. The molecule has 1 aliphatic heterocycles. The fraction of sp³-hybridized carbons (Fsp3) is 0.296. The summed E-state index contributed by atoms with van der Waals surface area (Å²) in [7, 11) is 0. The third-order valence-corrected chi connectivity index (χ3v) is 8.97. The van der Waals surface area contributed by atoms with Gasteiger partial charge in [-0.1, -0.05) is 57.5 Å². The van der Waals surface area contributed by atoms with Crippen LogP contribution in [0.2, 0.25) is 0 Å². The van der Waals surface area contributed by atoms with Gasteiger partial charge in [-0.3, -0.25) is 19.1 Å². The van der Waals surface area contributed by atoms with Crippen LogP contribution in [0, 0.1) is 6.92 Å². The lowest BCUT2D eigenvalue weighted by Gasteiger charge is -2.30. The van der Waals surface area contributed by atoms with E-state index in [2.05, 4.69) is 34.7 Å². The van der Waals surface area contributed by atoms with Crippen molar-refractivity contribution in [2.75, 3.05) is 12.3 Å². The van der Waals surface area contributed by atoms with Crippen LogP contribution >= 0.6 is 39.0 Å². The molecule has 0 spiro atoms. The third-order valence-electron chi connectivity index (χ3n) is 6.39. The van der Waals surface area contributed by atoms with Gasteiger partial charge in [0, 0.05) is 34.0 Å². The lowest BCUT2D eigenvalue weighted by atomic mass is 10.0. The first-order valence-corrected chi connectivity index (χ1v) is 14.2. The number of hydrogen-bond acceptors (Lipinski definition) is 6. The van der Waals surface area contributed by atoms with E-state index >= 15 is 0 Å². The summed E-state index contributed by atoms with van der Waals surface area (Å²) in [6.07, 6.45) is 0.854. The van der Waals surface area contributed by atoms with Gasteiger partial charge in [0.2, 0.25) is 0 Å². The van der Waals surface area contributed by atoms with Crippen LogP contribution in [0.1, 0.15) is 40.2 Å². The molecule has 35 heavy (non-hydrogen) atoms. The van der Waals surface area contributed by atoms with Crippen molar-refractivity contribution in [1.29, 1.82) is 0 Å². The molecule has 0 fully saturated rings. The molecule has 0 bridgehead atoms. The van der Waals surface area contributed by atoms with Crippen LogP contribution in [0.3, 0.4) is 0 Å². The van der Waals surface area contributed by atoms with Gasteiger partial charge in [-0.05, 0) is 57.0 Å². The Morgan fingerprint density at radius 1 is 1.14 bits per heavy atom. The molecule has 2 aromatic heterocycles. The lowest BCUT2D eigenvalue weighted by Crippen LogP contribution is -2.35. The molecule has 4 aromatic rings. The summed E-state index contributed by atoms with van der Waals surface area (Å²) < 4.78 is 2.61. The molecule has 0 saturated heterocycles. The van der Waals surface area contributed by atoms with E-state index in [1.54, 1.807) is 15.9 Å². The van der Waals surface area contributed by atoms with Gasteiger partial charge in [-0.15, -0.1) is 11.3 Å². The summed E-state index contributed by atoms with van der Waals surface area (Å²) in [5.41, 5.74) is 3.63. The Morgan fingerprint density at radius 3 is 2.54 bits per heavy atom. The highest BCUT2D eigenvalue weighted by molar-refractivity contribution is 9.10. The van der Waals surface area contributed by atoms with Crippen LogP contribution in [0.4, 0.5) is 0 Å². The topological polar surface area (TPSA) is 55.2 Å². The molecular formula is C27H26BrN3O2S2. The van der Waals surface area contributed by atoms with Crippen molar-refractivity contribution in [3.8, 4) is 5.69 Å². The number of benzene rings is 2. The normalized spacial score (nSPS) is 14.0. The maximum atomic E-state index is 13.9. The number of halogens is 1. The number of Topliss-reactive ketones (excluding diaryl/α,β-unsaturated/α-hetero) is 1. The molecule has 0 saturated carbocycles. The molecule has 3 heterocycles. The van der Waals surface area contributed by atoms with E-state index in [0.29, 0.717) is 16.8 Å². The number of carbonyl (C=O) groups excluding carboxylic acids is 1. The van der Waals surface area contributed by atoms with Crippen molar-refractivity contribution in [3.05, 3.63) is 84.9 Å². The number of carbonyl (C=O) groups is 1. The number of nitrogens with zero attached hydrogens (tertiary/aromatic N) is 3. The molecule has 0 amide bonds. The fourth-order valence-corrected chi connectivity index (χ4v) is 6.81. The Kier molecular flexibility index (Phi) is 6.99. The second kappa shape index (κ2) is 10.0. The van der Waals surface area contributed by atoms with E-state index < -0.39 is 0 Å². The molecule has 5 nitrogen and oxygen atoms in total. The van der Waals surface area contributed by atoms with Gasteiger partial charge in [0.05, 0.1) is 16.8 Å². The van der Waals surface area contributed by atoms with Crippen molar-refractivity contribution in [3.63, 3.8) is 0 Å². The van der Waals surface area contributed by atoms with E-state index in [1.165, 1.54) is 16.6 Å². The number of rotatable bonds is 6. The zero-order chi connectivity index (χ0) is 24.7. The highest BCUT2D eigenvalue weighted by Gasteiger charge is 2.26. The molecule has 0 aliphatic carbocycles. The fourth-order valence-electron chi connectivity index (χ4n) is 4.35. The van der Waals surface area contributed by atoms with Crippen molar-refractivity contribution in [2.24, 2.45) is 0 Å². The van der Waals surface area contributed by atoms with Crippen molar-refractivity contribution < 1.29 is 4.79 Å². The molecule has 5 rings (SSSR count). The summed E-state index contributed by atoms with van der Waals surface area (Å²) in [5, 5.41) is 1.29. The minimum atomic E-state index is -0.0482. The molecule has 180 valence electrons. The zero-order valence-corrected chi connectivity index (χ0v) is 23.1. The number of aromatic nitrogens is 2. The number of thiophene rings is 1. The Morgan fingerprint density at radius 2 is 1.86 bits per heavy atom. The van der Waals surface area contributed by atoms with Crippen LogP contribution in [0.15, 0.2) is 63.0 Å². The maximum absolute atomic E-state index is 13.9. The molecule has 0 atom stereocenters. The van der Waals surface area contributed by atoms with Crippen molar-refractivity contribution in [2.45, 2.75) is 44.9 Å². The number of aryl methyl sites for hydroxylation is 1. The van der Waals surface area contributed by atoms with E-state index in [0.717, 1.165) is 51.0 Å². The average Bonchev–Trinajstić information content (AvgIpc) is 3.21. The van der Waals surface area contributed by atoms with Crippen molar-refractivity contribution >= 4 is 55.0 Å². The predicted molar refractivity (Wildman–Crippen MR) is 148 cm³/mol. The molecule has 0 N–H and O–H groups in total. The first-order valence-electron chi connectivity index (χ1n) is 11.6. The minimum Gasteiger partial charge on any atom is -0.296 e. The van der Waals surface area contributed by atoms with Gasteiger partial charge in [-0.25, -0.2) is 4.98 Å². The highest BCUT2D eigenvalue weighted by Crippen LogP contribution is 2.35. The summed E-state index contributed by atoms with van der Waals surface area (Å²) in [6, 6.07) is 15.7. The van der Waals surface area contributed by atoms with Gasteiger partial charge in [0.25, 0.3) is 5.56 Å². The Labute approximate surface area is 221 Å². The average molecular weight is 569 g/mol. The number of fused-ring (bicyclic) bond motifs is 3. The van der Waals surface area contributed by atoms with Gasteiger partial charge < -0.3 is 0 Å². The SMILES string of the molecule is Cc1ccc(-n2c(SCC(=O)c3ccc(Br)cc3)nc3sc4c(c3c2=O)CCN(C(C)C)C4)cc1. The number of thioether (sulfide) groups is 1. The Balaban J connectivity index is 1.58. The van der Waals surface area contributed by atoms with Crippen LogP contribution < -0.4 is 5.56 Å². The summed E-state index contributed by atoms with van der Waals surface area (Å²) in [4.78, 5) is 36.2. The summed E-state index contributed by atoms with van der Waals surface area (Å²) in [5.74, 6) is 0.211. The lowest BCUT2D eigenvalue weighted by molar-refractivity contribution is 0.102. The first-order chi connectivity index (χ1) is 16.8. The van der Waals surface area contributed by atoms with Crippen LogP contribution in [-0.2, 0) is 13.0 Å². The van der Waals surface area contributed by atoms with E-state index in [-0.39, 0.29) is 17.1 Å². The Hall–Kier alpha value is -2.26. The predicted octanol–water partition coefficient (Wildman–Crippen LogP) is 6.26. The maximum Gasteiger partial charge on any atom is 0.267 e. The minimum absolute atomic E-state index is 0.00495. The monoisotopic (exact) mass is 567 g/mol. The quantitative estimate of drug-likeness (QED) is 0.156. The number of ketones is 1. The summed E-state index contributed by atoms with van der Waals surface area (Å²) >= 11 is 6.35. The van der Waals surface area contributed by atoms with Crippen molar-refractivity contribution in [1.82, 2.24) is 14.5 Å².